The Morgan fingerprint density at radius 1 is 1.04 bits per heavy atom. The third-order valence-corrected chi connectivity index (χ3v) is 2.83. The number of ether oxygens (including phenoxy) is 1. The molecule has 0 saturated heterocycles. The monoisotopic (exact) mass is 339 g/mol. The van der Waals surface area contributed by atoms with Gasteiger partial charge in [-0.15, -0.1) is 0 Å². The smallest absolute Gasteiger partial charge is 0.422 e. The van der Waals surface area contributed by atoms with Crippen LogP contribution in [0.4, 0.5) is 26.3 Å². The van der Waals surface area contributed by atoms with Crippen molar-refractivity contribution in [2.24, 2.45) is 0 Å². The van der Waals surface area contributed by atoms with Crippen LogP contribution in [0.25, 0.3) is 11.3 Å². The van der Waals surface area contributed by atoms with Crippen molar-refractivity contribution >= 4 is 5.97 Å². The van der Waals surface area contributed by atoms with Crippen molar-refractivity contribution in [3.05, 3.63) is 41.2 Å². The van der Waals surface area contributed by atoms with E-state index in [1.54, 1.807) is 0 Å². The molecule has 0 aliphatic rings. The number of hydrogen-bond donors (Lipinski definition) is 0. The van der Waals surface area contributed by atoms with E-state index in [0.29, 0.717) is 12.1 Å². The van der Waals surface area contributed by atoms with Crippen LogP contribution in [-0.4, -0.2) is 18.2 Å². The van der Waals surface area contributed by atoms with E-state index in [1.165, 1.54) is 0 Å². The first-order valence-electron chi connectivity index (χ1n) is 5.88. The number of benzene rings is 1. The fourth-order valence-corrected chi connectivity index (χ4v) is 1.80. The molecule has 0 fully saturated rings. The molecule has 0 N–H and O–H groups in total. The molecule has 0 radical (unpaired) electrons. The highest BCUT2D eigenvalue weighted by molar-refractivity contribution is 5.90. The van der Waals surface area contributed by atoms with E-state index in [-0.39, 0.29) is 5.56 Å². The lowest BCUT2D eigenvalue weighted by molar-refractivity contribution is -0.138. The van der Waals surface area contributed by atoms with Gasteiger partial charge in [-0.2, -0.15) is 26.3 Å². The number of carbonyl (C=O) groups is 1. The highest BCUT2D eigenvalue weighted by Gasteiger charge is 2.43. The van der Waals surface area contributed by atoms with E-state index in [2.05, 4.69) is 14.4 Å². The third kappa shape index (κ3) is 3.30. The van der Waals surface area contributed by atoms with Crippen molar-refractivity contribution in [2.75, 3.05) is 7.11 Å². The van der Waals surface area contributed by atoms with E-state index in [9.17, 15) is 31.1 Å². The van der Waals surface area contributed by atoms with Crippen molar-refractivity contribution in [2.45, 2.75) is 12.4 Å². The van der Waals surface area contributed by atoms with Crippen molar-refractivity contribution < 1.29 is 40.4 Å². The molecule has 23 heavy (non-hydrogen) atoms. The van der Waals surface area contributed by atoms with Gasteiger partial charge in [0.25, 0.3) is 5.76 Å². The van der Waals surface area contributed by atoms with E-state index in [0.717, 1.165) is 19.2 Å². The molecule has 0 aliphatic carbocycles. The van der Waals surface area contributed by atoms with Crippen LogP contribution in [-0.2, 0) is 17.1 Å². The van der Waals surface area contributed by atoms with E-state index in [4.69, 9.17) is 0 Å². The van der Waals surface area contributed by atoms with Crippen LogP contribution in [0.2, 0.25) is 0 Å². The lowest BCUT2D eigenvalue weighted by Crippen LogP contribution is -2.13. The van der Waals surface area contributed by atoms with Crippen LogP contribution in [0.1, 0.15) is 21.7 Å². The summed E-state index contributed by atoms with van der Waals surface area (Å²) in [5, 5.41) is 3.14. The van der Waals surface area contributed by atoms with Gasteiger partial charge in [-0.1, -0.05) is 17.3 Å². The summed E-state index contributed by atoms with van der Waals surface area (Å²) in [6.07, 6.45) is -9.64. The first-order valence-corrected chi connectivity index (χ1v) is 5.88. The summed E-state index contributed by atoms with van der Waals surface area (Å²) in [6.45, 7) is 0. The van der Waals surface area contributed by atoms with Gasteiger partial charge >= 0.3 is 18.3 Å². The van der Waals surface area contributed by atoms with E-state index in [1.807, 2.05) is 0 Å². The minimum atomic E-state index is -5.01. The normalized spacial score (nSPS) is 12.3. The number of alkyl halides is 6. The highest BCUT2D eigenvalue weighted by Crippen LogP contribution is 2.40. The lowest BCUT2D eigenvalue weighted by Gasteiger charge is -2.09. The molecule has 0 bridgehead atoms. The van der Waals surface area contributed by atoms with Gasteiger partial charge in [0.1, 0.15) is 11.3 Å². The molecule has 0 amide bonds. The molecule has 4 nitrogen and oxygen atoms in total. The highest BCUT2D eigenvalue weighted by atomic mass is 19.4. The summed E-state index contributed by atoms with van der Waals surface area (Å²) in [4.78, 5) is 11.3. The Hall–Kier alpha value is -2.52. The second kappa shape index (κ2) is 5.60. The zero-order valence-corrected chi connectivity index (χ0v) is 11.2. The van der Waals surface area contributed by atoms with Gasteiger partial charge in [-0.25, -0.2) is 4.79 Å². The van der Waals surface area contributed by atoms with Crippen LogP contribution >= 0.6 is 0 Å². The topological polar surface area (TPSA) is 52.3 Å². The van der Waals surface area contributed by atoms with Crippen molar-refractivity contribution in [1.82, 2.24) is 5.16 Å². The first kappa shape index (κ1) is 16.8. The SMILES string of the molecule is COC(=O)c1onc(-c2ccc(C(F)(F)F)cc2)c1C(F)(F)F. The van der Waals surface area contributed by atoms with Gasteiger partial charge in [-0.05, 0) is 12.1 Å². The summed E-state index contributed by atoms with van der Waals surface area (Å²) in [7, 11) is 0.850. The average Bonchev–Trinajstić information content (AvgIpc) is 2.90. The summed E-state index contributed by atoms with van der Waals surface area (Å²) >= 11 is 0. The number of carbonyl (C=O) groups excluding carboxylic acids is 1. The van der Waals surface area contributed by atoms with Crippen LogP contribution in [0, 0.1) is 0 Å². The van der Waals surface area contributed by atoms with Gasteiger partial charge in [0, 0.05) is 5.56 Å². The molecule has 1 aromatic carbocycles. The Morgan fingerprint density at radius 2 is 1.61 bits per heavy atom. The zero-order chi connectivity index (χ0) is 17.4. The van der Waals surface area contributed by atoms with Gasteiger partial charge in [0.15, 0.2) is 0 Å². The molecule has 0 unspecified atom stereocenters. The number of rotatable bonds is 2. The second-order valence-electron chi connectivity index (χ2n) is 4.30. The van der Waals surface area contributed by atoms with E-state index >= 15 is 0 Å². The minimum absolute atomic E-state index is 0.288. The number of nitrogens with zero attached hydrogens (tertiary/aromatic N) is 1. The van der Waals surface area contributed by atoms with Crippen LogP contribution in [0.3, 0.4) is 0 Å². The molecule has 0 aliphatic heterocycles. The number of hydrogen-bond acceptors (Lipinski definition) is 4. The predicted octanol–water partition coefficient (Wildman–Crippen LogP) is 4.17. The fraction of sp³-hybridized carbons (Fsp3) is 0.231. The molecule has 2 rings (SSSR count). The third-order valence-electron chi connectivity index (χ3n) is 2.83. The maximum Gasteiger partial charge on any atom is 0.422 e. The summed E-state index contributed by atoms with van der Waals surface area (Å²) in [6, 6.07) is 2.80. The largest absolute Gasteiger partial charge is 0.463 e. The molecule has 1 heterocycles. The Balaban J connectivity index is 2.56. The summed E-state index contributed by atoms with van der Waals surface area (Å²) in [5.74, 6) is -2.57. The van der Waals surface area contributed by atoms with Crippen molar-refractivity contribution in [1.29, 1.82) is 0 Å². The van der Waals surface area contributed by atoms with Gasteiger partial charge in [0.2, 0.25) is 0 Å². The quantitative estimate of drug-likeness (QED) is 0.609. The number of halogens is 6. The molecule has 0 saturated carbocycles. The minimum Gasteiger partial charge on any atom is -0.463 e. The second-order valence-corrected chi connectivity index (χ2v) is 4.30. The fourth-order valence-electron chi connectivity index (χ4n) is 1.80. The molecular formula is C13H7F6NO3. The number of methoxy groups -OCH3 is 1. The zero-order valence-electron chi connectivity index (χ0n) is 11.2. The number of aromatic nitrogens is 1. The Bertz CT molecular complexity index is 715. The van der Waals surface area contributed by atoms with Crippen LogP contribution in [0.5, 0.6) is 0 Å². The molecule has 0 atom stereocenters. The van der Waals surface area contributed by atoms with Gasteiger partial charge in [0.05, 0.1) is 12.7 Å². The maximum atomic E-state index is 13.1. The Kier molecular flexibility index (Phi) is 4.10. The molecular weight excluding hydrogens is 332 g/mol. The van der Waals surface area contributed by atoms with Crippen molar-refractivity contribution in [3.63, 3.8) is 0 Å². The lowest BCUT2D eigenvalue weighted by atomic mass is 10.0. The standard InChI is InChI=1S/C13H7F6NO3/c1-22-11(21)10-8(13(17,18)19)9(20-23-10)6-2-4-7(5-3-6)12(14,15)16/h2-5H,1H3. The van der Waals surface area contributed by atoms with Gasteiger partial charge in [-0.3, -0.25) is 0 Å². The van der Waals surface area contributed by atoms with Gasteiger partial charge < -0.3 is 9.26 Å². The molecule has 1 aromatic heterocycles. The Morgan fingerprint density at radius 3 is 2.04 bits per heavy atom. The maximum absolute atomic E-state index is 13.1. The van der Waals surface area contributed by atoms with Crippen LogP contribution < -0.4 is 0 Å². The Labute approximate surface area is 124 Å². The first-order chi connectivity index (χ1) is 10.6. The average molecular weight is 339 g/mol. The van der Waals surface area contributed by atoms with Crippen molar-refractivity contribution in [3.8, 4) is 11.3 Å². The van der Waals surface area contributed by atoms with Crippen LogP contribution in [0.15, 0.2) is 28.8 Å². The number of esters is 1. The molecule has 0 spiro atoms. The summed E-state index contributed by atoms with van der Waals surface area (Å²) < 4.78 is 85.3. The predicted molar refractivity (Wildman–Crippen MR) is 63.3 cm³/mol. The molecule has 10 heteroatoms. The summed E-state index contributed by atoms with van der Waals surface area (Å²) in [5.41, 5.74) is -3.63. The molecule has 124 valence electrons. The van der Waals surface area contributed by atoms with E-state index < -0.39 is 40.9 Å². The molecule has 2 aromatic rings.